The second kappa shape index (κ2) is 11.2. The molecule has 0 fully saturated rings. The van der Waals surface area contributed by atoms with E-state index in [0.717, 1.165) is 23.1 Å². The van der Waals surface area contributed by atoms with Gasteiger partial charge in [-0.1, -0.05) is 56.3 Å². The maximum absolute atomic E-state index is 12.1. The molecule has 29 heavy (non-hydrogen) atoms. The number of benzene rings is 2. The molecule has 7 heteroatoms. The number of carbonyl (C=O) groups excluding carboxylic acids is 2. The molecule has 0 heterocycles. The highest BCUT2D eigenvalue weighted by Gasteiger charge is 2.12. The van der Waals surface area contributed by atoms with E-state index in [0.29, 0.717) is 11.7 Å². The van der Waals surface area contributed by atoms with Gasteiger partial charge in [-0.15, -0.1) is 0 Å². The first kappa shape index (κ1) is 22.4. The van der Waals surface area contributed by atoms with Crippen LogP contribution in [0.3, 0.4) is 0 Å². The summed E-state index contributed by atoms with van der Waals surface area (Å²) >= 11 is 5.05. The zero-order valence-corrected chi connectivity index (χ0v) is 17.8. The first-order valence-corrected chi connectivity index (χ1v) is 9.96. The SMILES string of the molecule is CCC(C)c1ccccc1OCC(=O)NNC(=S)NC(=O)Cc1ccccc1C. The fourth-order valence-corrected chi connectivity index (χ4v) is 2.89. The van der Waals surface area contributed by atoms with Crippen molar-refractivity contribution in [1.82, 2.24) is 16.2 Å². The van der Waals surface area contributed by atoms with Crippen LogP contribution in [0.1, 0.15) is 42.9 Å². The molecule has 0 aliphatic heterocycles. The van der Waals surface area contributed by atoms with E-state index in [1.54, 1.807) is 0 Å². The van der Waals surface area contributed by atoms with Crippen molar-refractivity contribution < 1.29 is 14.3 Å². The summed E-state index contributed by atoms with van der Waals surface area (Å²) in [6.45, 7) is 5.99. The Hall–Kier alpha value is -2.93. The van der Waals surface area contributed by atoms with Crippen molar-refractivity contribution in [3.05, 3.63) is 65.2 Å². The molecule has 2 aromatic rings. The van der Waals surface area contributed by atoms with Crippen molar-refractivity contribution in [2.75, 3.05) is 6.61 Å². The lowest BCUT2D eigenvalue weighted by Gasteiger charge is -2.16. The summed E-state index contributed by atoms with van der Waals surface area (Å²) in [7, 11) is 0. The summed E-state index contributed by atoms with van der Waals surface area (Å²) in [6.07, 6.45) is 1.18. The van der Waals surface area contributed by atoms with Crippen LogP contribution in [0.4, 0.5) is 0 Å². The van der Waals surface area contributed by atoms with Crippen LogP contribution < -0.4 is 20.9 Å². The number of rotatable bonds is 7. The molecule has 0 aromatic heterocycles. The number of hydrogen-bond donors (Lipinski definition) is 3. The number of aryl methyl sites for hydroxylation is 1. The summed E-state index contributed by atoms with van der Waals surface area (Å²) in [5.41, 5.74) is 7.96. The number of para-hydroxylation sites is 1. The summed E-state index contributed by atoms with van der Waals surface area (Å²) in [5.74, 6) is 0.360. The van der Waals surface area contributed by atoms with Gasteiger partial charge in [0.05, 0.1) is 6.42 Å². The van der Waals surface area contributed by atoms with Gasteiger partial charge in [0.1, 0.15) is 5.75 Å². The zero-order valence-electron chi connectivity index (χ0n) is 17.0. The van der Waals surface area contributed by atoms with Crippen LogP contribution in [0.25, 0.3) is 0 Å². The van der Waals surface area contributed by atoms with Crippen molar-refractivity contribution in [3.8, 4) is 5.75 Å². The van der Waals surface area contributed by atoms with Gasteiger partial charge in [-0.25, -0.2) is 0 Å². The summed E-state index contributed by atoms with van der Waals surface area (Å²) in [4.78, 5) is 24.1. The Morgan fingerprint density at radius 3 is 2.45 bits per heavy atom. The molecule has 0 saturated heterocycles. The molecule has 0 aliphatic carbocycles. The van der Waals surface area contributed by atoms with E-state index < -0.39 is 5.91 Å². The third-order valence-corrected chi connectivity index (χ3v) is 4.81. The van der Waals surface area contributed by atoms with E-state index in [4.69, 9.17) is 17.0 Å². The molecular weight excluding hydrogens is 386 g/mol. The van der Waals surface area contributed by atoms with E-state index in [2.05, 4.69) is 30.0 Å². The Labute approximate surface area is 177 Å². The summed E-state index contributed by atoms with van der Waals surface area (Å²) < 4.78 is 5.64. The maximum atomic E-state index is 12.1. The lowest BCUT2D eigenvalue weighted by atomic mass is 9.98. The molecular formula is C22H27N3O3S. The fraction of sp³-hybridized carbons (Fsp3) is 0.318. The Morgan fingerprint density at radius 2 is 1.72 bits per heavy atom. The Kier molecular flexibility index (Phi) is 8.61. The van der Waals surface area contributed by atoms with E-state index in [9.17, 15) is 9.59 Å². The van der Waals surface area contributed by atoms with Crippen molar-refractivity contribution in [2.45, 2.75) is 39.5 Å². The molecule has 0 spiro atoms. The maximum Gasteiger partial charge on any atom is 0.276 e. The third kappa shape index (κ3) is 7.19. The second-order valence-corrected chi connectivity index (χ2v) is 7.20. The molecule has 2 amide bonds. The molecule has 6 nitrogen and oxygen atoms in total. The highest BCUT2D eigenvalue weighted by atomic mass is 32.1. The van der Waals surface area contributed by atoms with Gasteiger partial charge < -0.3 is 10.1 Å². The quantitative estimate of drug-likeness (QED) is 0.480. The van der Waals surface area contributed by atoms with Crippen LogP contribution in [0.15, 0.2) is 48.5 Å². The zero-order chi connectivity index (χ0) is 21.2. The molecule has 0 radical (unpaired) electrons. The average molecular weight is 414 g/mol. The Bertz CT molecular complexity index is 870. The Balaban J connectivity index is 1.76. The van der Waals surface area contributed by atoms with E-state index in [1.807, 2.05) is 55.5 Å². The predicted molar refractivity (Wildman–Crippen MR) is 118 cm³/mol. The number of hydrogen-bond acceptors (Lipinski definition) is 4. The van der Waals surface area contributed by atoms with Gasteiger partial charge in [-0.05, 0) is 54.2 Å². The van der Waals surface area contributed by atoms with Crippen molar-refractivity contribution >= 4 is 29.1 Å². The number of carbonyl (C=O) groups is 2. The number of thiocarbonyl (C=S) groups is 1. The standard InChI is InChI=1S/C22H27N3O3S/c1-4-15(2)18-11-7-8-12-19(18)28-14-21(27)24-25-22(29)23-20(26)13-17-10-6-5-9-16(17)3/h5-12,15H,4,13-14H2,1-3H3,(H,24,27)(H2,23,25,26,29). The van der Waals surface area contributed by atoms with Crippen LogP contribution in [-0.4, -0.2) is 23.5 Å². The summed E-state index contributed by atoms with van der Waals surface area (Å²) in [5, 5.41) is 2.57. The monoisotopic (exact) mass is 413 g/mol. The number of ether oxygens (including phenoxy) is 1. The molecule has 154 valence electrons. The highest BCUT2D eigenvalue weighted by Crippen LogP contribution is 2.28. The van der Waals surface area contributed by atoms with Crippen molar-refractivity contribution in [1.29, 1.82) is 0 Å². The average Bonchev–Trinajstić information content (AvgIpc) is 2.72. The van der Waals surface area contributed by atoms with E-state index in [1.165, 1.54) is 0 Å². The van der Waals surface area contributed by atoms with Crippen LogP contribution in [0.5, 0.6) is 5.75 Å². The van der Waals surface area contributed by atoms with Gasteiger partial charge >= 0.3 is 0 Å². The van der Waals surface area contributed by atoms with Gasteiger partial charge in [0.15, 0.2) is 11.7 Å². The lowest BCUT2D eigenvalue weighted by molar-refractivity contribution is -0.124. The van der Waals surface area contributed by atoms with Crippen molar-refractivity contribution in [2.24, 2.45) is 0 Å². The predicted octanol–water partition coefficient (Wildman–Crippen LogP) is 3.15. The highest BCUT2D eigenvalue weighted by molar-refractivity contribution is 7.80. The van der Waals surface area contributed by atoms with E-state index in [-0.39, 0.29) is 24.0 Å². The van der Waals surface area contributed by atoms with Crippen LogP contribution in [-0.2, 0) is 16.0 Å². The summed E-state index contributed by atoms with van der Waals surface area (Å²) in [6, 6.07) is 15.3. The molecule has 0 aliphatic rings. The number of amides is 2. The molecule has 0 bridgehead atoms. The minimum atomic E-state index is -0.403. The fourth-order valence-electron chi connectivity index (χ4n) is 2.73. The van der Waals surface area contributed by atoms with Gasteiger partial charge in [0.2, 0.25) is 5.91 Å². The van der Waals surface area contributed by atoms with Crippen LogP contribution in [0.2, 0.25) is 0 Å². The third-order valence-electron chi connectivity index (χ3n) is 4.60. The second-order valence-electron chi connectivity index (χ2n) is 6.79. The Morgan fingerprint density at radius 1 is 1.03 bits per heavy atom. The number of hydrazine groups is 1. The molecule has 2 rings (SSSR count). The first-order valence-electron chi connectivity index (χ1n) is 9.55. The van der Waals surface area contributed by atoms with Gasteiger partial charge in [-0.3, -0.25) is 20.4 Å². The molecule has 2 aromatic carbocycles. The van der Waals surface area contributed by atoms with Gasteiger partial charge in [0.25, 0.3) is 5.91 Å². The molecule has 0 saturated carbocycles. The molecule has 3 N–H and O–H groups in total. The topological polar surface area (TPSA) is 79.5 Å². The smallest absolute Gasteiger partial charge is 0.276 e. The van der Waals surface area contributed by atoms with Crippen LogP contribution >= 0.6 is 12.2 Å². The minimum Gasteiger partial charge on any atom is -0.483 e. The largest absolute Gasteiger partial charge is 0.483 e. The van der Waals surface area contributed by atoms with Gasteiger partial charge in [0, 0.05) is 0 Å². The van der Waals surface area contributed by atoms with Crippen molar-refractivity contribution in [3.63, 3.8) is 0 Å². The normalized spacial score (nSPS) is 11.3. The molecule has 1 unspecified atom stereocenters. The van der Waals surface area contributed by atoms with Gasteiger partial charge in [-0.2, -0.15) is 0 Å². The lowest BCUT2D eigenvalue weighted by Crippen LogP contribution is -2.50. The minimum absolute atomic E-state index is 0.0249. The van der Waals surface area contributed by atoms with E-state index >= 15 is 0 Å². The first-order chi connectivity index (χ1) is 13.9. The molecule has 1 atom stereocenters. The number of nitrogens with one attached hydrogen (secondary N) is 3. The van der Waals surface area contributed by atoms with Crippen LogP contribution in [0, 0.1) is 6.92 Å².